The van der Waals surface area contributed by atoms with Gasteiger partial charge in [0.2, 0.25) is 0 Å². The molecule has 2 heteroatoms. The second-order valence-corrected chi connectivity index (χ2v) is 3.41. The van der Waals surface area contributed by atoms with Gasteiger partial charge in [-0.2, -0.15) is 0 Å². The highest BCUT2D eigenvalue weighted by atomic mass is 16.5. The minimum Gasteiger partial charge on any atom is -0.394 e. The maximum absolute atomic E-state index is 8.63. The molecule has 0 unspecified atom stereocenters. The van der Waals surface area contributed by atoms with Gasteiger partial charge in [-0.25, -0.2) is 0 Å². The molecule has 0 bridgehead atoms. The fourth-order valence-corrected chi connectivity index (χ4v) is 1.67. The Kier molecular flexibility index (Phi) is 3.33. The van der Waals surface area contributed by atoms with Gasteiger partial charge in [0.1, 0.15) is 0 Å². The maximum atomic E-state index is 8.63. The largest absolute Gasteiger partial charge is 0.394 e. The standard InChI is InChI=1S/C13H14O2/c14-8-9-15-10-12-6-3-5-11-4-1-2-7-13(11)12/h1-7,14H,8-10H2. The Morgan fingerprint density at radius 2 is 1.80 bits per heavy atom. The van der Waals surface area contributed by atoms with Crippen LogP contribution < -0.4 is 0 Å². The fraction of sp³-hybridized carbons (Fsp3) is 0.231. The van der Waals surface area contributed by atoms with Gasteiger partial charge < -0.3 is 9.84 Å². The summed E-state index contributed by atoms with van der Waals surface area (Å²) in [5, 5.41) is 11.1. The summed E-state index contributed by atoms with van der Waals surface area (Å²) in [5.41, 5.74) is 1.17. The van der Waals surface area contributed by atoms with Crippen LogP contribution in [0, 0.1) is 0 Å². The van der Waals surface area contributed by atoms with Crippen molar-refractivity contribution in [2.75, 3.05) is 13.2 Å². The molecule has 0 aliphatic carbocycles. The van der Waals surface area contributed by atoms with Gasteiger partial charge in [0.05, 0.1) is 19.8 Å². The Labute approximate surface area is 89.1 Å². The summed E-state index contributed by atoms with van der Waals surface area (Å²) in [6.45, 7) is 1.02. The molecule has 2 nitrogen and oxygen atoms in total. The summed E-state index contributed by atoms with van der Waals surface area (Å²) in [4.78, 5) is 0. The number of hydrogen-bond donors (Lipinski definition) is 1. The van der Waals surface area contributed by atoms with Gasteiger partial charge in [-0.05, 0) is 16.3 Å². The predicted molar refractivity (Wildman–Crippen MR) is 60.7 cm³/mol. The average Bonchev–Trinajstić information content (AvgIpc) is 2.30. The van der Waals surface area contributed by atoms with Crippen LogP contribution >= 0.6 is 0 Å². The van der Waals surface area contributed by atoms with Crippen LogP contribution in [0.15, 0.2) is 42.5 Å². The molecule has 2 rings (SSSR count). The fourth-order valence-electron chi connectivity index (χ4n) is 1.67. The first kappa shape index (κ1) is 10.1. The Hall–Kier alpha value is -1.38. The van der Waals surface area contributed by atoms with Crippen LogP contribution in [-0.4, -0.2) is 18.3 Å². The molecule has 0 radical (unpaired) electrons. The third-order valence-corrected chi connectivity index (χ3v) is 2.37. The molecule has 2 aromatic carbocycles. The third-order valence-electron chi connectivity index (χ3n) is 2.37. The highest BCUT2D eigenvalue weighted by molar-refractivity contribution is 5.85. The van der Waals surface area contributed by atoms with E-state index in [4.69, 9.17) is 9.84 Å². The monoisotopic (exact) mass is 202 g/mol. The molecule has 0 aliphatic rings. The number of fused-ring (bicyclic) bond motifs is 1. The molecule has 0 saturated heterocycles. The molecular weight excluding hydrogens is 188 g/mol. The van der Waals surface area contributed by atoms with E-state index < -0.39 is 0 Å². The van der Waals surface area contributed by atoms with E-state index in [2.05, 4.69) is 24.3 Å². The highest BCUT2D eigenvalue weighted by Crippen LogP contribution is 2.18. The van der Waals surface area contributed by atoms with E-state index >= 15 is 0 Å². The molecule has 1 N–H and O–H groups in total. The van der Waals surface area contributed by atoms with E-state index in [1.807, 2.05) is 18.2 Å². The summed E-state index contributed by atoms with van der Waals surface area (Å²) >= 11 is 0. The van der Waals surface area contributed by atoms with E-state index in [9.17, 15) is 0 Å². The number of hydrogen-bond acceptors (Lipinski definition) is 2. The molecule has 0 amide bonds. The first-order valence-electron chi connectivity index (χ1n) is 5.07. The van der Waals surface area contributed by atoms with Gasteiger partial charge in [0.25, 0.3) is 0 Å². The Morgan fingerprint density at radius 1 is 1.00 bits per heavy atom. The second-order valence-electron chi connectivity index (χ2n) is 3.41. The van der Waals surface area contributed by atoms with Crippen LogP contribution in [0.3, 0.4) is 0 Å². The van der Waals surface area contributed by atoms with Crippen LogP contribution in [0.5, 0.6) is 0 Å². The molecule has 2 aromatic rings. The quantitative estimate of drug-likeness (QED) is 0.771. The molecule has 78 valence electrons. The molecule has 15 heavy (non-hydrogen) atoms. The number of aliphatic hydroxyl groups is 1. The van der Waals surface area contributed by atoms with Crippen molar-refractivity contribution in [1.82, 2.24) is 0 Å². The van der Waals surface area contributed by atoms with Crippen molar-refractivity contribution in [3.63, 3.8) is 0 Å². The van der Waals surface area contributed by atoms with Crippen LogP contribution in [0.2, 0.25) is 0 Å². The predicted octanol–water partition coefficient (Wildman–Crippen LogP) is 2.35. The lowest BCUT2D eigenvalue weighted by atomic mass is 10.1. The molecule has 0 fully saturated rings. The van der Waals surface area contributed by atoms with Crippen LogP contribution in [0.1, 0.15) is 5.56 Å². The normalized spacial score (nSPS) is 10.7. The van der Waals surface area contributed by atoms with Crippen molar-refractivity contribution in [3.05, 3.63) is 48.0 Å². The third kappa shape index (κ3) is 2.35. The van der Waals surface area contributed by atoms with Gasteiger partial charge in [-0.3, -0.25) is 0 Å². The Morgan fingerprint density at radius 3 is 2.67 bits per heavy atom. The molecule has 0 saturated carbocycles. The minimum atomic E-state index is 0.0742. The number of aliphatic hydroxyl groups excluding tert-OH is 1. The lowest BCUT2D eigenvalue weighted by Crippen LogP contribution is -1.99. The first-order valence-corrected chi connectivity index (χ1v) is 5.07. The summed E-state index contributed by atoms with van der Waals surface area (Å²) in [6.07, 6.45) is 0. The van der Waals surface area contributed by atoms with Crippen molar-refractivity contribution in [1.29, 1.82) is 0 Å². The van der Waals surface area contributed by atoms with Gasteiger partial charge >= 0.3 is 0 Å². The van der Waals surface area contributed by atoms with E-state index in [1.54, 1.807) is 0 Å². The van der Waals surface area contributed by atoms with E-state index in [1.165, 1.54) is 16.3 Å². The maximum Gasteiger partial charge on any atom is 0.0724 e. The van der Waals surface area contributed by atoms with Crippen molar-refractivity contribution in [3.8, 4) is 0 Å². The molecule has 0 heterocycles. The molecule has 0 atom stereocenters. The summed E-state index contributed by atoms with van der Waals surface area (Å²) < 4.78 is 5.33. The topological polar surface area (TPSA) is 29.5 Å². The lowest BCUT2D eigenvalue weighted by Gasteiger charge is -2.06. The van der Waals surface area contributed by atoms with Crippen molar-refractivity contribution in [2.45, 2.75) is 6.61 Å². The number of ether oxygens (including phenoxy) is 1. The zero-order valence-electron chi connectivity index (χ0n) is 8.52. The Balaban J connectivity index is 2.26. The van der Waals surface area contributed by atoms with Gasteiger partial charge in [-0.15, -0.1) is 0 Å². The van der Waals surface area contributed by atoms with Crippen molar-refractivity contribution in [2.24, 2.45) is 0 Å². The van der Waals surface area contributed by atoms with E-state index in [0.717, 1.165) is 0 Å². The zero-order chi connectivity index (χ0) is 10.5. The SMILES string of the molecule is OCCOCc1cccc2ccccc12. The smallest absolute Gasteiger partial charge is 0.0724 e. The van der Waals surface area contributed by atoms with E-state index in [-0.39, 0.29) is 6.61 Å². The minimum absolute atomic E-state index is 0.0742. The van der Waals surface area contributed by atoms with E-state index in [0.29, 0.717) is 13.2 Å². The van der Waals surface area contributed by atoms with Crippen molar-refractivity contribution >= 4 is 10.8 Å². The van der Waals surface area contributed by atoms with Crippen molar-refractivity contribution < 1.29 is 9.84 Å². The molecular formula is C13H14O2. The summed E-state index contributed by atoms with van der Waals surface area (Å²) in [7, 11) is 0. The van der Waals surface area contributed by atoms with Gasteiger partial charge in [0.15, 0.2) is 0 Å². The average molecular weight is 202 g/mol. The summed E-state index contributed by atoms with van der Waals surface area (Å²) in [5.74, 6) is 0. The van der Waals surface area contributed by atoms with Crippen LogP contribution in [0.4, 0.5) is 0 Å². The number of benzene rings is 2. The highest BCUT2D eigenvalue weighted by Gasteiger charge is 1.99. The molecule has 0 aromatic heterocycles. The molecule has 0 aliphatic heterocycles. The van der Waals surface area contributed by atoms with Crippen LogP contribution in [-0.2, 0) is 11.3 Å². The summed E-state index contributed by atoms with van der Waals surface area (Å²) in [6, 6.07) is 14.4. The Bertz CT molecular complexity index is 432. The first-order chi connectivity index (χ1) is 7.42. The second kappa shape index (κ2) is 4.91. The molecule has 0 spiro atoms. The number of rotatable bonds is 4. The zero-order valence-corrected chi connectivity index (χ0v) is 8.52. The van der Waals surface area contributed by atoms with Gasteiger partial charge in [0, 0.05) is 0 Å². The lowest BCUT2D eigenvalue weighted by molar-refractivity contribution is 0.0822. The van der Waals surface area contributed by atoms with Gasteiger partial charge in [-0.1, -0.05) is 42.5 Å². The van der Waals surface area contributed by atoms with Crippen LogP contribution in [0.25, 0.3) is 10.8 Å².